The van der Waals surface area contributed by atoms with Crippen LogP contribution in [0, 0.1) is 5.82 Å². The van der Waals surface area contributed by atoms with Crippen LogP contribution in [-0.4, -0.2) is 49.4 Å². The average molecular weight is 242 g/mol. The summed E-state index contributed by atoms with van der Waals surface area (Å²) < 4.78 is 23.4. The smallest absolute Gasteiger partial charge is 0.255 e. The Morgan fingerprint density at radius 2 is 2.53 bits per heavy atom. The van der Waals surface area contributed by atoms with E-state index in [1.165, 1.54) is 7.11 Å². The van der Waals surface area contributed by atoms with Gasteiger partial charge in [0.15, 0.2) is 0 Å². The van der Waals surface area contributed by atoms with Gasteiger partial charge in [0.25, 0.3) is 5.88 Å². The quantitative estimate of drug-likeness (QED) is 0.790. The van der Waals surface area contributed by atoms with Gasteiger partial charge in [-0.2, -0.15) is 9.37 Å². The number of hydrogen-bond acceptors (Lipinski definition) is 6. The van der Waals surface area contributed by atoms with Gasteiger partial charge in [-0.1, -0.05) is 0 Å². The van der Waals surface area contributed by atoms with E-state index in [9.17, 15) is 4.39 Å². The minimum absolute atomic E-state index is 0.0385. The first kappa shape index (κ1) is 12.0. The van der Waals surface area contributed by atoms with Gasteiger partial charge in [-0.15, -0.1) is 0 Å². The highest BCUT2D eigenvalue weighted by molar-refractivity contribution is 5.33. The maximum atomic E-state index is 13.2. The number of hydrogen-bond donors (Lipinski definition) is 1. The summed E-state index contributed by atoms with van der Waals surface area (Å²) in [4.78, 5) is 9.85. The van der Waals surface area contributed by atoms with E-state index >= 15 is 0 Å². The van der Waals surface area contributed by atoms with Crippen molar-refractivity contribution in [3.63, 3.8) is 0 Å². The standard InChI is InChI=1S/C10H15FN4O2/c1-16-9-8(11)5-13-10(14-9)15-2-3-17-7(4-12)6-15/h5,7H,2-4,6,12H2,1H3/t7-/m0/s1. The van der Waals surface area contributed by atoms with Crippen LogP contribution in [0.1, 0.15) is 0 Å². The molecule has 0 saturated carbocycles. The van der Waals surface area contributed by atoms with Crippen LogP contribution < -0.4 is 15.4 Å². The van der Waals surface area contributed by atoms with Gasteiger partial charge in [0.2, 0.25) is 11.8 Å². The second-order valence-corrected chi connectivity index (χ2v) is 3.70. The van der Waals surface area contributed by atoms with E-state index in [2.05, 4.69) is 9.97 Å². The van der Waals surface area contributed by atoms with Crippen molar-refractivity contribution in [1.82, 2.24) is 9.97 Å². The monoisotopic (exact) mass is 242 g/mol. The largest absolute Gasteiger partial charge is 0.479 e. The number of halogens is 1. The number of rotatable bonds is 3. The van der Waals surface area contributed by atoms with Crippen LogP contribution in [0.4, 0.5) is 10.3 Å². The second kappa shape index (κ2) is 5.24. The van der Waals surface area contributed by atoms with Crippen LogP contribution in [0.15, 0.2) is 6.20 Å². The lowest BCUT2D eigenvalue weighted by Gasteiger charge is -2.32. The Hall–Kier alpha value is -1.47. The SMILES string of the molecule is COc1nc(N2CCO[C@@H](CN)C2)ncc1F. The zero-order valence-electron chi connectivity index (χ0n) is 9.60. The topological polar surface area (TPSA) is 73.5 Å². The molecule has 7 heteroatoms. The molecule has 2 heterocycles. The number of morpholine rings is 1. The lowest BCUT2D eigenvalue weighted by molar-refractivity contribution is 0.0459. The Kier molecular flexibility index (Phi) is 3.70. The lowest BCUT2D eigenvalue weighted by Crippen LogP contribution is -2.46. The predicted molar refractivity (Wildman–Crippen MR) is 59.5 cm³/mol. The molecular weight excluding hydrogens is 227 g/mol. The van der Waals surface area contributed by atoms with E-state index in [1.54, 1.807) is 0 Å². The molecule has 1 aliphatic rings. The van der Waals surface area contributed by atoms with Gasteiger partial charge in [0, 0.05) is 19.6 Å². The third-order valence-corrected chi connectivity index (χ3v) is 2.58. The number of anilines is 1. The Morgan fingerprint density at radius 3 is 3.24 bits per heavy atom. The molecule has 0 bridgehead atoms. The van der Waals surface area contributed by atoms with Crippen LogP contribution in [0.5, 0.6) is 5.88 Å². The molecule has 2 rings (SSSR count). The molecule has 17 heavy (non-hydrogen) atoms. The summed E-state index contributed by atoms with van der Waals surface area (Å²) in [5, 5.41) is 0. The van der Waals surface area contributed by atoms with Crippen LogP contribution in [0.2, 0.25) is 0 Å². The highest BCUT2D eigenvalue weighted by Gasteiger charge is 2.22. The number of nitrogens with two attached hydrogens (primary N) is 1. The van der Waals surface area contributed by atoms with E-state index < -0.39 is 5.82 Å². The summed E-state index contributed by atoms with van der Waals surface area (Å²) in [7, 11) is 1.37. The molecule has 1 fully saturated rings. The van der Waals surface area contributed by atoms with Crippen LogP contribution in [0.25, 0.3) is 0 Å². The summed E-state index contributed by atoms with van der Waals surface area (Å²) in [5.74, 6) is -0.185. The predicted octanol–water partition coefficient (Wildman–Crippen LogP) is -0.212. The second-order valence-electron chi connectivity index (χ2n) is 3.70. The highest BCUT2D eigenvalue weighted by Crippen LogP contribution is 2.18. The third-order valence-electron chi connectivity index (χ3n) is 2.58. The van der Waals surface area contributed by atoms with Crippen molar-refractivity contribution in [2.75, 3.05) is 38.3 Å². The number of ether oxygens (including phenoxy) is 2. The van der Waals surface area contributed by atoms with E-state index in [4.69, 9.17) is 15.2 Å². The van der Waals surface area contributed by atoms with Crippen molar-refractivity contribution >= 4 is 5.95 Å². The first-order chi connectivity index (χ1) is 8.24. The normalized spacial score (nSPS) is 20.4. The summed E-state index contributed by atoms with van der Waals surface area (Å²) in [6, 6.07) is 0. The van der Waals surface area contributed by atoms with Gasteiger partial charge in [0.1, 0.15) is 0 Å². The van der Waals surface area contributed by atoms with Gasteiger partial charge in [0.05, 0.1) is 26.0 Å². The van der Waals surface area contributed by atoms with Crippen molar-refractivity contribution in [2.24, 2.45) is 5.73 Å². The highest BCUT2D eigenvalue weighted by atomic mass is 19.1. The minimum atomic E-state index is -0.570. The zero-order chi connectivity index (χ0) is 12.3. The molecule has 0 spiro atoms. The van der Waals surface area contributed by atoms with Gasteiger partial charge >= 0.3 is 0 Å². The molecular formula is C10H15FN4O2. The first-order valence-corrected chi connectivity index (χ1v) is 5.37. The van der Waals surface area contributed by atoms with Crippen LogP contribution in [0.3, 0.4) is 0 Å². The van der Waals surface area contributed by atoms with Crippen molar-refractivity contribution in [3.05, 3.63) is 12.0 Å². The number of methoxy groups -OCH3 is 1. The Morgan fingerprint density at radius 1 is 1.71 bits per heavy atom. The van der Waals surface area contributed by atoms with E-state index in [0.717, 1.165) is 6.20 Å². The Balaban J connectivity index is 2.16. The zero-order valence-corrected chi connectivity index (χ0v) is 9.60. The fourth-order valence-corrected chi connectivity index (χ4v) is 1.68. The fraction of sp³-hybridized carbons (Fsp3) is 0.600. The minimum Gasteiger partial charge on any atom is -0.479 e. The summed E-state index contributed by atoms with van der Waals surface area (Å²) in [6.45, 7) is 2.26. The molecule has 1 atom stereocenters. The molecule has 6 nitrogen and oxygen atoms in total. The molecule has 0 amide bonds. The average Bonchev–Trinajstić information content (AvgIpc) is 2.39. The Labute approximate surface area is 98.5 Å². The first-order valence-electron chi connectivity index (χ1n) is 5.37. The van der Waals surface area contributed by atoms with Gasteiger partial charge in [-0.3, -0.25) is 0 Å². The van der Waals surface area contributed by atoms with Gasteiger partial charge < -0.3 is 20.1 Å². The van der Waals surface area contributed by atoms with Crippen LogP contribution in [-0.2, 0) is 4.74 Å². The molecule has 0 unspecified atom stereocenters. The maximum absolute atomic E-state index is 13.2. The van der Waals surface area contributed by atoms with Gasteiger partial charge in [-0.25, -0.2) is 4.98 Å². The number of aromatic nitrogens is 2. The van der Waals surface area contributed by atoms with Crippen molar-refractivity contribution in [2.45, 2.75) is 6.10 Å². The molecule has 0 aliphatic carbocycles. The fourth-order valence-electron chi connectivity index (χ4n) is 1.68. The van der Waals surface area contributed by atoms with Crippen molar-refractivity contribution in [3.8, 4) is 5.88 Å². The molecule has 0 radical (unpaired) electrons. The number of nitrogens with zero attached hydrogens (tertiary/aromatic N) is 3. The van der Waals surface area contributed by atoms with E-state index in [1.807, 2.05) is 4.90 Å². The molecule has 1 aliphatic heterocycles. The summed E-state index contributed by atoms with van der Waals surface area (Å²) in [5.41, 5.74) is 5.55. The third kappa shape index (κ3) is 2.62. The van der Waals surface area contributed by atoms with Crippen molar-refractivity contribution < 1.29 is 13.9 Å². The van der Waals surface area contributed by atoms with Gasteiger partial charge in [-0.05, 0) is 0 Å². The maximum Gasteiger partial charge on any atom is 0.255 e. The summed E-state index contributed by atoms with van der Waals surface area (Å²) >= 11 is 0. The molecule has 0 aromatic carbocycles. The van der Waals surface area contributed by atoms with E-state index in [0.29, 0.717) is 32.2 Å². The molecule has 1 aromatic rings. The summed E-state index contributed by atoms with van der Waals surface area (Å²) in [6.07, 6.45) is 1.07. The lowest BCUT2D eigenvalue weighted by atomic mass is 10.3. The molecule has 1 saturated heterocycles. The van der Waals surface area contributed by atoms with Crippen molar-refractivity contribution in [1.29, 1.82) is 0 Å². The van der Waals surface area contributed by atoms with Crippen LogP contribution >= 0.6 is 0 Å². The molecule has 2 N–H and O–H groups in total. The molecule has 1 aromatic heterocycles. The molecule has 94 valence electrons. The Bertz CT molecular complexity index is 391. The van der Waals surface area contributed by atoms with E-state index in [-0.39, 0.29) is 12.0 Å².